The summed E-state index contributed by atoms with van der Waals surface area (Å²) in [4.78, 5) is 12.7. The lowest BCUT2D eigenvalue weighted by Gasteiger charge is -2.22. The van der Waals surface area contributed by atoms with Gasteiger partial charge in [0.2, 0.25) is 5.91 Å². The first-order chi connectivity index (χ1) is 28.7. The van der Waals surface area contributed by atoms with Crippen molar-refractivity contribution in [1.29, 1.82) is 0 Å². The summed E-state index contributed by atoms with van der Waals surface area (Å²) < 4.78 is 32.7. The fraction of sp³-hybridized carbons (Fsp3) is 0.863. The molecule has 0 fully saturated rings. The lowest BCUT2D eigenvalue weighted by atomic mass is 10.0. The highest BCUT2D eigenvalue weighted by atomic mass is 32.2. The molecule has 3 atom stereocenters. The summed E-state index contributed by atoms with van der Waals surface area (Å²) in [5, 5.41) is 23.5. The van der Waals surface area contributed by atoms with E-state index in [1.54, 1.807) is 6.08 Å². The van der Waals surface area contributed by atoms with Crippen molar-refractivity contribution in [3.05, 3.63) is 36.5 Å². The molecular weight excluding hydrogens is 755 g/mol. The van der Waals surface area contributed by atoms with Gasteiger partial charge in [0.05, 0.1) is 17.9 Å². The Kier molecular flexibility index (Phi) is 43.5. The Morgan fingerprint density at radius 1 is 0.458 bits per heavy atom. The molecule has 0 aliphatic carbocycles. The van der Waals surface area contributed by atoms with Gasteiger partial charge in [-0.25, -0.2) is 0 Å². The topological polar surface area (TPSA) is 124 Å². The van der Waals surface area contributed by atoms with Crippen LogP contribution in [-0.4, -0.2) is 53.1 Å². The molecule has 348 valence electrons. The molecule has 1 amide bonds. The first-order valence-corrected chi connectivity index (χ1v) is 26.9. The number of aliphatic hydroxyl groups is 2. The highest BCUT2D eigenvalue weighted by Gasteiger charge is 2.27. The van der Waals surface area contributed by atoms with Crippen LogP contribution < -0.4 is 5.32 Å². The average molecular weight is 852 g/mol. The zero-order valence-corrected chi connectivity index (χ0v) is 39.6. The second-order valence-electron chi connectivity index (χ2n) is 17.6. The molecule has 0 rings (SSSR count). The van der Waals surface area contributed by atoms with E-state index < -0.39 is 40.0 Å². The van der Waals surface area contributed by atoms with Crippen molar-refractivity contribution in [2.45, 2.75) is 276 Å². The van der Waals surface area contributed by atoms with Crippen molar-refractivity contribution >= 4 is 16.0 Å². The Bertz CT molecular complexity index is 1090. The van der Waals surface area contributed by atoms with Crippen LogP contribution >= 0.6 is 0 Å². The molecule has 0 aromatic heterocycles. The second kappa shape index (κ2) is 44.6. The van der Waals surface area contributed by atoms with Crippen LogP contribution in [0.4, 0.5) is 0 Å². The van der Waals surface area contributed by atoms with Crippen molar-refractivity contribution in [3.63, 3.8) is 0 Å². The average Bonchev–Trinajstić information content (AvgIpc) is 3.21. The molecule has 3 unspecified atom stereocenters. The normalized spacial score (nSPS) is 13.9. The number of rotatable bonds is 46. The highest BCUT2D eigenvalue weighted by Crippen LogP contribution is 2.16. The molecule has 0 saturated heterocycles. The maximum Gasteiger partial charge on any atom is 0.267 e. The van der Waals surface area contributed by atoms with Gasteiger partial charge in [0.15, 0.2) is 0 Å². The number of hydrogen-bond donors (Lipinski definition) is 4. The highest BCUT2D eigenvalue weighted by molar-refractivity contribution is 7.85. The summed E-state index contributed by atoms with van der Waals surface area (Å²) in [5.41, 5.74) is 0. The molecule has 0 bridgehead atoms. The molecule has 0 heterocycles. The standard InChI is InChI=1S/C51H97NO6S/c1-3-5-7-9-11-13-15-17-19-21-23-25-27-29-31-33-35-37-39-41-43-45-49(53)48(47-59(56,57)58)52-51(55)50(54)46-44-42-40-38-36-34-32-30-28-26-24-22-20-18-16-14-12-10-8-6-4-2/h28,30,35,37,43,45,48-50,53-54H,3-27,29,31-34,36,38-42,44,46-47H2,1-2H3,(H,52,55)(H,56,57,58)/b30-28-,37-35+,45-43+. The summed E-state index contributed by atoms with van der Waals surface area (Å²) in [6.07, 6.45) is 56.4. The van der Waals surface area contributed by atoms with Crippen LogP contribution in [0.15, 0.2) is 36.5 Å². The number of nitrogens with one attached hydrogen (secondary N) is 1. The van der Waals surface area contributed by atoms with Gasteiger partial charge in [-0.3, -0.25) is 9.35 Å². The number of aliphatic hydroxyl groups excluding tert-OH is 2. The predicted octanol–water partition coefficient (Wildman–Crippen LogP) is 14.6. The van der Waals surface area contributed by atoms with Crippen LogP contribution in [0.25, 0.3) is 0 Å². The first kappa shape index (κ1) is 57.5. The Morgan fingerprint density at radius 3 is 1.12 bits per heavy atom. The van der Waals surface area contributed by atoms with Gasteiger partial charge in [0.25, 0.3) is 10.1 Å². The van der Waals surface area contributed by atoms with E-state index in [4.69, 9.17) is 0 Å². The smallest absolute Gasteiger partial charge is 0.267 e. The van der Waals surface area contributed by atoms with Gasteiger partial charge in [0.1, 0.15) is 6.10 Å². The molecule has 4 N–H and O–H groups in total. The Morgan fingerprint density at radius 2 is 0.763 bits per heavy atom. The molecule has 0 aliphatic rings. The van der Waals surface area contributed by atoms with Crippen molar-refractivity contribution < 1.29 is 28.0 Å². The van der Waals surface area contributed by atoms with Gasteiger partial charge < -0.3 is 15.5 Å². The summed E-state index contributed by atoms with van der Waals surface area (Å²) >= 11 is 0. The predicted molar refractivity (Wildman–Crippen MR) is 255 cm³/mol. The van der Waals surface area contributed by atoms with E-state index in [2.05, 4.69) is 43.5 Å². The largest absolute Gasteiger partial charge is 0.387 e. The Balaban J connectivity index is 3.95. The zero-order chi connectivity index (χ0) is 43.3. The van der Waals surface area contributed by atoms with Crippen LogP contribution in [0.1, 0.15) is 258 Å². The van der Waals surface area contributed by atoms with Crippen molar-refractivity contribution in [2.75, 3.05) is 5.75 Å². The van der Waals surface area contributed by atoms with Crippen molar-refractivity contribution in [3.8, 4) is 0 Å². The van der Waals surface area contributed by atoms with Crippen LogP contribution in [0.5, 0.6) is 0 Å². The van der Waals surface area contributed by atoms with E-state index in [1.165, 1.54) is 192 Å². The molecule has 0 radical (unpaired) electrons. The van der Waals surface area contributed by atoms with Gasteiger partial charge in [-0.1, -0.05) is 237 Å². The molecule has 59 heavy (non-hydrogen) atoms. The Hall–Kier alpha value is -1.48. The SMILES string of the molecule is CCCCCCCCCCCCC/C=C\CCCCCCCCC(O)C(=O)NC(CS(=O)(=O)O)C(O)/C=C/CC/C=C/CCCCCCCCCCCCCCCCC. The quantitative estimate of drug-likeness (QED) is 0.0275. The number of carbonyl (C=O) groups excluding carboxylic acids is 1. The fourth-order valence-electron chi connectivity index (χ4n) is 7.76. The molecular formula is C51H97NO6S. The second-order valence-corrected chi connectivity index (χ2v) is 19.1. The van der Waals surface area contributed by atoms with Crippen LogP contribution in [-0.2, 0) is 14.9 Å². The molecule has 0 saturated carbocycles. The minimum absolute atomic E-state index is 0.268. The van der Waals surface area contributed by atoms with Gasteiger partial charge in [-0.15, -0.1) is 0 Å². The van der Waals surface area contributed by atoms with Crippen molar-refractivity contribution in [2.24, 2.45) is 0 Å². The summed E-state index contributed by atoms with van der Waals surface area (Å²) in [6, 6.07) is -1.25. The van der Waals surface area contributed by atoms with Gasteiger partial charge in [0, 0.05) is 0 Å². The lowest BCUT2D eigenvalue weighted by molar-refractivity contribution is -0.130. The number of hydrogen-bond acceptors (Lipinski definition) is 5. The molecule has 0 aromatic carbocycles. The van der Waals surface area contributed by atoms with Gasteiger partial charge >= 0.3 is 0 Å². The number of amides is 1. The lowest BCUT2D eigenvalue weighted by Crippen LogP contribution is -2.50. The third-order valence-corrected chi connectivity index (χ3v) is 12.4. The minimum Gasteiger partial charge on any atom is -0.387 e. The molecule has 0 spiro atoms. The monoisotopic (exact) mass is 852 g/mol. The summed E-state index contributed by atoms with van der Waals surface area (Å²) in [5.74, 6) is -1.56. The molecule has 0 aromatic rings. The Labute approximate surface area is 366 Å². The zero-order valence-electron chi connectivity index (χ0n) is 38.7. The third-order valence-electron chi connectivity index (χ3n) is 11.6. The van der Waals surface area contributed by atoms with E-state index in [1.807, 2.05) is 0 Å². The van der Waals surface area contributed by atoms with Crippen molar-refractivity contribution in [1.82, 2.24) is 5.32 Å². The van der Waals surface area contributed by atoms with E-state index in [-0.39, 0.29) is 6.42 Å². The number of allylic oxidation sites excluding steroid dienone is 5. The van der Waals surface area contributed by atoms with E-state index in [0.29, 0.717) is 12.8 Å². The minimum atomic E-state index is -4.46. The van der Waals surface area contributed by atoms with Crippen LogP contribution in [0, 0.1) is 0 Å². The first-order valence-electron chi connectivity index (χ1n) is 25.3. The molecule has 8 heteroatoms. The fourth-order valence-corrected chi connectivity index (χ4v) is 8.50. The van der Waals surface area contributed by atoms with E-state index in [0.717, 1.165) is 38.5 Å². The molecule has 7 nitrogen and oxygen atoms in total. The molecule has 0 aliphatic heterocycles. The number of unbranched alkanes of at least 4 members (excludes halogenated alkanes) is 33. The maximum absolute atomic E-state index is 12.7. The van der Waals surface area contributed by atoms with Gasteiger partial charge in [-0.2, -0.15) is 8.42 Å². The van der Waals surface area contributed by atoms with E-state index in [9.17, 15) is 28.0 Å². The maximum atomic E-state index is 12.7. The summed E-state index contributed by atoms with van der Waals surface area (Å²) in [7, 11) is -4.46. The van der Waals surface area contributed by atoms with Gasteiger partial charge in [-0.05, 0) is 57.8 Å². The van der Waals surface area contributed by atoms with Crippen LogP contribution in [0.3, 0.4) is 0 Å². The number of carbonyl (C=O) groups is 1. The summed E-state index contributed by atoms with van der Waals surface area (Å²) in [6.45, 7) is 4.55. The van der Waals surface area contributed by atoms with E-state index >= 15 is 0 Å². The third kappa shape index (κ3) is 44.4. The van der Waals surface area contributed by atoms with Crippen LogP contribution in [0.2, 0.25) is 0 Å².